The van der Waals surface area contributed by atoms with E-state index in [1.54, 1.807) is 24.7 Å². The maximum absolute atomic E-state index is 11.6. The van der Waals surface area contributed by atoms with Crippen LogP contribution in [0.5, 0.6) is 0 Å². The first-order chi connectivity index (χ1) is 7.84. The van der Waals surface area contributed by atoms with E-state index in [9.17, 15) is 4.79 Å². The Balaban J connectivity index is 1.81. The van der Waals surface area contributed by atoms with Gasteiger partial charge in [-0.3, -0.25) is 4.79 Å². The minimum atomic E-state index is 0.000741. The quantitative estimate of drug-likeness (QED) is 0.815. The van der Waals surface area contributed by atoms with Gasteiger partial charge in [-0.2, -0.15) is 0 Å². The molecule has 0 saturated heterocycles. The van der Waals surface area contributed by atoms with Gasteiger partial charge < -0.3 is 10.3 Å². The van der Waals surface area contributed by atoms with Gasteiger partial charge in [0.25, 0.3) is 0 Å². The van der Waals surface area contributed by atoms with Crippen LogP contribution in [0, 0.1) is 6.07 Å². The lowest BCUT2D eigenvalue weighted by atomic mass is 10.2. The summed E-state index contributed by atoms with van der Waals surface area (Å²) < 4.78 is 0. The van der Waals surface area contributed by atoms with Crippen molar-refractivity contribution >= 4 is 11.6 Å². The van der Waals surface area contributed by atoms with E-state index in [-0.39, 0.29) is 5.91 Å². The summed E-state index contributed by atoms with van der Waals surface area (Å²) in [7, 11) is 0. The number of hydrogen-bond donors (Lipinski definition) is 2. The number of hydrogen-bond acceptors (Lipinski definition) is 2. The summed E-state index contributed by atoms with van der Waals surface area (Å²) in [5.41, 5.74) is 1.77. The summed E-state index contributed by atoms with van der Waals surface area (Å²) in [5, 5.41) is 2.81. The van der Waals surface area contributed by atoms with Gasteiger partial charge in [0.2, 0.25) is 5.91 Å². The highest BCUT2D eigenvalue weighted by molar-refractivity contribution is 5.90. The lowest BCUT2D eigenvalue weighted by Gasteiger charge is -2.03. The third kappa shape index (κ3) is 2.95. The molecule has 0 aliphatic carbocycles. The normalized spacial score (nSPS) is 10.0. The monoisotopic (exact) mass is 214 g/mol. The van der Waals surface area contributed by atoms with E-state index in [1.807, 2.05) is 12.1 Å². The lowest BCUT2D eigenvalue weighted by Crippen LogP contribution is -2.12. The first kappa shape index (κ1) is 10.4. The van der Waals surface area contributed by atoms with E-state index in [0.717, 1.165) is 11.4 Å². The molecule has 0 atom stereocenters. The molecule has 1 aromatic carbocycles. The second-order valence-corrected chi connectivity index (χ2v) is 3.41. The Bertz CT molecular complexity index is 437. The molecular weight excluding hydrogens is 202 g/mol. The van der Waals surface area contributed by atoms with Crippen LogP contribution in [0.3, 0.4) is 0 Å². The van der Waals surface area contributed by atoms with Crippen LogP contribution in [0.15, 0.2) is 36.8 Å². The fraction of sp³-hybridized carbons (Fsp3) is 0.167. The molecule has 0 aliphatic rings. The maximum atomic E-state index is 11.6. The number of amides is 1. The number of carbonyl (C=O) groups excluding carboxylic acids is 1. The zero-order chi connectivity index (χ0) is 11.2. The number of nitrogens with zero attached hydrogens (tertiary/aromatic N) is 1. The molecule has 1 radical (unpaired) electrons. The molecule has 0 saturated carbocycles. The zero-order valence-corrected chi connectivity index (χ0v) is 8.73. The molecule has 0 aliphatic heterocycles. The number of H-pyrrole nitrogens is 1. The predicted octanol–water partition coefficient (Wildman–Crippen LogP) is 1.78. The number of benzene rings is 1. The van der Waals surface area contributed by atoms with Crippen LogP contribution in [0.25, 0.3) is 0 Å². The van der Waals surface area contributed by atoms with Crippen LogP contribution in [-0.4, -0.2) is 15.9 Å². The number of aryl methyl sites for hydroxylation is 1. The zero-order valence-electron chi connectivity index (χ0n) is 8.73. The van der Waals surface area contributed by atoms with E-state index in [2.05, 4.69) is 21.4 Å². The molecule has 1 aromatic heterocycles. The first-order valence-corrected chi connectivity index (χ1v) is 5.08. The SMILES string of the molecule is O=C(CCc1cnc[nH]1)Nc1cc[c]cc1. The number of anilines is 1. The van der Waals surface area contributed by atoms with Crippen molar-refractivity contribution in [3.8, 4) is 0 Å². The highest BCUT2D eigenvalue weighted by atomic mass is 16.1. The molecule has 81 valence electrons. The van der Waals surface area contributed by atoms with Crippen molar-refractivity contribution in [3.05, 3.63) is 48.5 Å². The third-order valence-corrected chi connectivity index (χ3v) is 2.18. The van der Waals surface area contributed by atoms with Gasteiger partial charge in [0.15, 0.2) is 0 Å². The van der Waals surface area contributed by atoms with E-state index in [1.165, 1.54) is 0 Å². The maximum Gasteiger partial charge on any atom is 0.224 e. The third-order valence-electron chi connectivity index (χ3n) is 2.18. The Hall–Kier alpha value is -2.10. The molecule has 4 heteroatoms. The molecule has 0 spiro atoms. The van der Waals surface area contributed by atoms with Crippen molar-refractivity contribution in [1.82, 2.24) is 9.97 Å². The van der Waals surface area contributed by atoms with Gasteiger partial charge >= 0.3 is 0 Å². The Kier molecular flexibility index (Phi) is 3.33. The number of aromatic nitrogens is 2. The number of aromatic amines is 1. The van der Waals surface area contributed by atoms with Crippen molar-refractivity contribution in [2.24, 2.45) is 0 Å². The molecule has 2 rings (SSSR count). The standard InChI is InChI=1S/C12H12N3O/c16-12(7-6-11-8-13-9-14-11)15-10-4-2-1-3-5-10/h2-5,8-9H,6-7H2,(H,13,14)(H,15,16). The number of imidazole rings is 1. The number of rotatable bonds is 4. The number of carbonyl (C=O) groups is 1. The van der Waals surface area contributed by atoms with Crippen molar-refractivity contribution in [1.29, 1.82) is 0 Å². The molecule has 1 amide bonds. The molecular formula is C12H12N3O. The second-order valence-electron chi connectivity index (χ2n) is 3.41. The second kappa shape index (κ2) is 5.11. The van der Waals surface area contributed by atoms with Crippen LogP contribution >= 0.6 is 0 Å². The van der Waals surface area contributed by atoms with E-state index < -0.39 is 0 Å². The van der Waals surface area contributed by atoms with Crippen molar-refractivity contribution < 1.29 is 4.79 Å². The topological polar surface area (TPSA) is 57.8 Å². The van der Waals surface area contributed by atoms with Gasteiger partial charge in [0.05, 0.1) is 6.33 Å². The molecule has 2 aromatic rings. The molecule has 0 unspecified atom stereocenters. The summed E-state index contributed by atoms with van der Waals surface area (Å²) in [6.07, 6.45) is 4.45. The van der Waals surface area contributed by atoms with E-state index >= 15 is 0 Å². The molecule has 1 heterocycles. The fourth-order valence-electron chi connectivity index (χ4n) is 1.36. The van der Waals surface area contributed by atoms with Gasteiger partial charge in [-0.1, -0.05) is 12.1 Å². The molecule has 2 N–H and O–H groups in total. The van der Waals surface area contributed by atoms with Gasteiger partial charge in [0.1, 0.15) is 0 Å². The van der Waals surface area contributed by atoms with Gasteiger partial charge in [0, 0.05) is 24.0 Å². The Morgan fingerprint density at radius 1 is 1.44 bits per heavy atom. The summed E-state index contributed by atoms with van der Waals surface area (Å²) in [6, 6.07) is 10.1. The van der Waals surface area contributed by atoms with Crippen LogP contribution in [-0.2, 0) is 11.2 Å². The minimum absolute atomic E-state index is 0.000741. The van der Waals surface area contributed by atoms with Crippen LogP contribution < -0.4 is 5.32 Å². The summed E-state index contributed by atoms with van der Waals surface area (Å²) in [6.45, 7) is 0. The van der Waals surface area contributed by atoms with Gasteiger partial charge in [-0.25, -0.2) is 4.98 Å². The van der Waals surface area contributed by atoms with Crippen molar-refractivity contribution in [2.45, 2.75) is 12.8 Å². The lowest BCUT2D eigenvalue weighted by molar-refractivity contribution is -0.116. The van der Waals surface area contributed by atoms with Crippen LogP contribution in [0.2, 0.25) is 0 Å². The van der Waals surface area contributed by atoms with Gasteiger partial charge in [-0.05, 0) is 24.6 Å². The van der Waals surface area contributed by atoms with Crippen LogP contribution in [0.1, 0.15) is 12.1 Å². The highest BCUT2D eigenvalue weighted by Gasteiger charge is 2.03. The number of nitrogens with one attached hydrogen (secondary N) is 2. The Labute approximate surface area is 93.7 Å². The molecule has 0 bridgehead atoms. The van der Waals surface area contributed by atoms with E-state index in [0.29, 0.717) is 12.8 Å². The largest absolute Gasteiger partial charge is 0.348 e. The molecule has 4 nitrogen and oxygen atoms in total. The Morgan fingerprint density at radius 2 is 2.25 bits per heavy atom. The highest BCUT2D eigenvalue weighted by Crippen LogP contribution is 2.06. The Morgan fingerprint density at radius 3 is 2.94 bits per heavy atom. The summed E-state index contributed by atoms with van der Waals surface area (Å²) >= 11 is 0. The predicted molar refractivity (Wildman–Crippen MR) is 60.8 cm³/mol. The fourth-order valence-corrected chi connectivity index (χ4v) is 1.36. The average molecular weight is 214 g/mol. The van der Waals surface area contributed by atoms with Crippen LogP contribution in [0.4, 0.5) is 5.69 Å². The van der Waals surface area contributed by atoms with E-state index in [4.69, 9.17) is 0 Å². The minimum Gasteiger partial charge on any atom is -0.348 e. The van der Waals surface area contributed by atoms with Gasteiger partial charge in [-0.15, -0.1) is 0 Å². The first-order valence-electron chi connectivity index (χ1n) is 5.08. The van der Waals surface area contributed by atoms with Crippen molar-refractivity contribution in [3.63, 3.8) is 0 Å². The average Bonchev–Trinajstić information content (AvgIpc) is 2.81. The smallest absolute Gasteiger partial charge is 0.224 e. The van der Waals surface area contributed by atoms with Crippen molar-refractivity contribution in [2.75, 3.05) is 5.32 Å². The molecule has 0 fully saturated rings. The summed E-state index contributed by atoms with van der Waals surface area (Å²) in [4.78, 5) is 18.4. The molecule has 16 heavy (non-hydrogen) atoms. The summed E-state index contributed by atoms with van der Waals surface area (Å²) in [5.74, 6) is 0.000741.